The second-order valence-corrected chi connectivity index (χ2v) is 7.27. The molecule has 0 saturated heterocycles. The second kappa shape index (κ2) is 8.44. The van der Waals surface area contributed by atoms with Gasteiger partial charge in [0.15, 0.2) is 0 Å². The highest BCUT2D eigenvalue weighted by Gasteiger charge is 2.40. The molecule has 0 aliphatic rings. The van der Waals surface area contributed by atoms with Crippen LogP contribution >= 0.6 is 11.6 Å². The topological polar surface area (TPSA) is 42.0 Å². The SMILES string of the molecule is CC(=O)N[C@](Cc1ccccc1)(c1cc(F)cc(C(F)(F)F)c1)c1ccc(Cl)cn1. The monoisotopic (exact) mass is 436 g/mol. The quantitative estimate of drug-likeness (QED) is 0.535. The Morgan fingerprint density at radius 3 is 2.27 bits per heavy atom. The maximum absolute atomic E-state index is 14.3. The Labute approximate surface area is 175 Å². The lowest BCUT2D eigenvalue weighted by Gasteiger charge is -2.35. The van der Waals surface area contributed by atoms with Gasteiger partial charge in [0, 0.05) is 19.5 Å². The van der Waals surface area contributed by atoms with E-state index in [2.05, 4.69) is 10.3 Å². The molecule has 0 fully saturated rings. The van der Waals surface area contributed by atoms with E-state index in [1.165, 1.54) is 25.3 Å². The fourth-order valence-electron chi connectivity index (χ4n) is 3.35. The summed E-state index contributed by atoms with van der Waals surface area (Å²) in [7, 11) is 0. The van der Waals surface area contributed by atoms with Gasteiger partial charge in [-0.1, -0.05) is 41.9 Å². The van der Waals surface area contributed by atoms with Gasteiger partial charge in [-0.25, -0.2) is 4.39 Å². The molecular weight excluding hydrogens is 420 g/mol. The minimum atomic E-state index is -4.76. The summed E-state index contributed by atoms with van der Waals surface area (Å²) in [6.07, 6.45) is -3.40. The van der Waals surface area contributed by atoms with Gasteiger partial charge >= 0.3 is 6.18 Å². The van der Waals surface area contributed by atoms with Crippen LogP contribution in [0.4, 0.5) is 17.6 Å². The average molecular weight is 437 g/mol. The highest BCUT2D eigenvalue weighted by atomic mass is 35.5. The van der Waals surface area contributed by atoms with Crippen LogP contribution < -0.4 is 5.32 Å². The van der Waals surface area contributed by atoms with Crippen molar-refractivity contribution in [2.45, 2.75) is 25.1 Å². The van der Waals surface area contributed by atoms with Crippen LogP contribution in [0.15, 0.2) is 66.9 Å². The van der Waals surface area contributed by atoms with Crippen LogP contribution in [-0.4, -0.2) is 10.9 Å². The molecule has 8 heteroatoms. The van der Waals surface area contributed by atoms with E-state index in [0.717, 1.165) is 12.1 Å². The normalized spacial score (nSPS) is 13.5. The predicted molar refractivity (Wildman–Crippen MR) is 105 cm³/mol. The van der Waals surface area contributed by atoms with Gasteiger partial charge in [0.05, 0.1) is 16.3 Å². The molecule has 1 heterocycles. The standard InChI is InChI=1S/C22H17ClF4N2O/c1-14(30)29-21(12-15-5-3-2-4-6-15,20-8-7-18(23)13-28-20)16-9-17(22(25,26)27)11-19(24)10-16/h2-11,13H,12H2,1H3,(H,29,30)/t21-/m1/s1. The molecule has 1 N–H and O–H groups in total. The number of amides is 1. The number of carbonyl (C=O) groups excluding carboxylic acids is 1. The Bertz CT molecular complexity index is 1040. The van der Waals surface area contributed by atoms with Crippen molar-refractivity contribution in [3.63, 3.8) is 0 Å². The lowest BCUT2D eigenvalue weighted by Crippen LogP contribution is -2.48. The molecule has 0 radical (unpaired) electrons. The van der Waals surface area contributed by atoms with Gasteiger partial charge in [0.1, 0.15) is 11.4 Å². The molecule has 2 aromatic carbocycles. The van der Waals surface area contributed by atoms with Gasteiger partial charge in [0.2, 0.25) is 5.91 Å². The van der Waals surface area contributed by atoms with Crippen LogP contribution in [0, 0.1) is 5.82 Å². The third-order valence-electron chi connectivity index (χ3n) is 4.58. The van der Waals surface area contributed by atoms with Crippen molar-refractivity contribution in [3.8, 4) is 0 Å². The average Bonchev–Trinajstić information content (AvgIpc) is 2.67. The van der Waals surface area contributed by atoms with E-state index in [1.54, 1.807) is 30.3 Å². The molecule has 156 valence electrons. The zero-order valence-electron chi connectivity index (χ0n) is 15.8. The molecule has 1 amide bonds. The number of hydrogen-bond donors (Lipinski definition) is 1. The first-order chi connectivity index (χ1) is 14.1. The first-order valence-electron chi connectivity index (χ1n) is 8.93. The first-order valence-corrected chi connectivity index (χ1v) is 9.31. The van der Waals surface area contributed by atoms with Crippen LogP contribution in [0.25, 0.3) is 0 Å². The Morgan fingerprint density at radius 2 is 1.70 bits per heavy atom. The van der Waals surface area contributed by atoms with Crippen LogP contribution in [-0.2, 0) is 22.9 Å². The molecule has 0 spiro atoms. The van der Waals surface area contributed by atoms with Crippen molar-refractivity contribution in [2.24, 2.45) is 0 Å². The Morgan fingerprint density at radius 1 is 1.03 bits per heavy atom. The van der Waals surface area contributed by atoms with Gasteiger partial charge in [0.25, 0.3) is 0 Å². The predicted octanol–water partition coefficient (Wildman–Crippen LogP) is 5.52. The largest absolute Gasteiger partial charge is 0.416 e. The number of nitrogens with zero attached hydrogens (tertiary/aromatic N) is 1. The molecule has 30 heavy (non-hydrogen) atoms. The number of alkyl halides is 3. The molecule has 3 rings (SSSR count). The van der Waals surface area contributed by atoms with Gasteiger partial charge in [-0.05, 0) is 41.5 Å². The zero-order chi connectivity index (χ0) is 21.9. The maximum Gasteiger partial charge on any atom is 0.416 e. The highest BCUT2D eigenvalue weighted by Crippen LogP contribution is 2.37. The van der Waals surface area contributed by atoms with E-state index in [4.69, 9.17) is 11.6 Å². The van der Waals surface area contributed by atoms with Gasteiger partial charge < -0.3 is 5.32 Å². The van der Waals surface area contributed by atoms with E-state index in [-0.39, 0.29) is 17.7 Å². The molecule has 0 bridgehead atoms. The van der Waals surface area contributed by atoms with Crippen LogP contribution in [0.2, 0.25) is 5.02 Å². The fraction of sp³-hybridized carbons (Fsp3) is 0.182. The summed E-state index contributed by atoms with van der Waals surface area (Å²) in [5.41, 5.74) is -1.86. The van der Waals surface area contributed by atoms with Crippen molar-refractivity contribution in [3.05, 3.63) is 100 Å². The number of nitrogens with one attached hydrogen (secondary N) is 1. The molecule has 0 aliphatic carbocycles. The molecule has 1 aromatic heterocycles. The van der Waals surface area contributed by atoms with Crippen molar-refractivity contribution < 1.29 is 22.4 Å². The molecule has 1 atom stereocenters. The second-order valence-electron chi connectivity index (χ2n) is 6.84. The summed E-state index contributed by atoms with van der Waals surface area (Å²) >= 11 is 5.93. The van der Waals surface area contributed by atoms with Crippen molar-refractivity contribution in [1.29, 1.82) is 0 Å². The molecule has 0 saturated carbocycles. The summed E-state index contributed by atoms with van der Waals surface area (Å²) < 4.78 is 54.5. The number of aromatic nitrogens is 1. The molecule has 0 unspecified atom stereocenters. The van der Waals surface area contributed by atoms with E-state index in [9.17, 15) is 22.4 Å². The molecule has 0 aliphatic heterocycles. The Kier molecular flexibility index (Phi) is 6.12. The summed E-state index contributed by atoms with van der Waals surface area (Å²) in [6, 6.07) is 14.1. The van der Waals surface area contributed by atoms with Crippen LogP contribution in [0.1, 0.15) is 29.3 Å². The number of benzene rings is 2. The summed E-state index contributed by atoms with van der Waals surface area (Å²) in [5, 5.41) is 3.03. The third kappa shape index (κ3) is 4.79. The van der Waals surface area contributed by atoms with Gasteiger partial charge in [-0.2, -0.15) is 13.2 Å². The van der Waals surface area contributed by atoms with Crippen LogP contribution in [0.5, 0.6) is 0 Å². The highest BCUT2D eigenvalue weighted by molar-refractivity contribution is 6.30. The van der Waals surface area contributed by atoms with Crippen molar-refractivity contribution >= 4 is 17.5 Å². The van der Waals surface area contributed by atoms with E-state index < -0.39 is 29.0 Å². The Hall–Kier alpha value is -2.93. The number of pyridine rings is 1. The molecular formula is C22H17ClF4N2O. The van der Waals surface area contributed by atoms with E-state index >= 15 is 0 Å². The van der Waals surface area contributed by atoms with E-state index in [0.29, 0.717) is 16.7 Å². The summed E-state index contributed by atoms with van der Waals surface area (Å²) in [4.78, 5) is 16.4. The summed E-state index contributed by atoms with van der Waals surface area (Å²) in [6.45, 7) is 1.24. The lowest BCUT2D eigenvalue weighted by molar-refractivity contribution is -0.137. The van der Waals surface area contributed by atoms with Gasteiger partial charge in [-0.3, -0.25) is 9.78 Å². The first kappa shape index (κ1) is 21.8. The maximum atomic E-state index is 14.3. The lowest BCUT2D eigenvalue weighted by atomic mass is 9.79. The number of carbonyl (C=O) groups is 1. The van der Waals surface area contributed by atoms with E-state index in [1.807, 2.05) is 0 Å². The van der Waals surface area contributed by atoms with Gasteiger partial charge in [-0.15, -0.1) is 0 Å². The third-order valence-corrected chi connectivity index (χ3v) is 4.81. The minimum Gasteiger partial charge on any atom is -0.341 e. The number of hydrogen-bond acceptors (Lipinski definition) is 2. The Balaban J connectivity index is 2.31. The van der Waals surface area contributed by atoms with Crippen molar-refractivity contribution in [1.82, 2.24) is 10.3 Å². The zero-order valence-corrected chi connectivity index (χ0v) is 16.6. The smallest absolute Gasteiger partial charge is 0.341 e. The van der Waals surface area contributed by atoms with Crippen LogP contribution in [0.3, 0.4) is 0 Å². The van der Waals surface area contributed by atoms with Crippen molar-refractivity contribution in [2.75, 3.05) is 0 Å². The number of halogens is 5. The molecule has 3 nitrogen and oxygen atoms in total. The fourth-order valence-corrected chi connectivity index (χ4v) is 3.46. The number of rotatable bonds is 5. The minimum absolute atomic E-state index is 0.0444. The summed E-state index contributed by atoms with van der Waals surface area (Å²) in [5.74, 6) is -1.59. The molecule has 3 aromatic rings.